The lowest BCUT2D eigenvalue weighted by Crippen LogP contribution is -2.40. The number of carbonyl (C=O) groups excluding carboxylic acids is 1. The van der Waals surface area contributed by atoms with Gasteiger partial charge in [0, 0.05) is 5.02 Å². The van der Waals surface area contributed by atoms with E-state index in [0.29, 0.717) is 0 Å². The van der Waals surface area contributed by atoms with Crippen LogP contribution in [0.4, 0.5) is 10.1 Å². The molecule has 3 N–H and O–H groups in total. The molecule has 0 fully saturated rings. The molecule has 0 aliphatic heterocycles. The first-order valence-corrected chi connectivity index (χ1v) is 5.85. The Bertz CT molecular complexity index is 411. The third-order valence-corrected chi connectivity index (χ3v) is 2.98. The summed E-state index contributed by atoms with van der Waals surface area (Å²) in [4.78, 5) is 11.7. The molecule has 0 aromatic heterocycles. The molecule has 0 saturated carbocycles. The molecule has 0 aliphatic rings. The molecule has 0 bridgehead atoms. The van der Waals surface area contributed by atoms with Crippen LogP contribution in [0.15, 0.2) is 18.2 Å². The van der Waals surface area contributed by atoms with Crippen LogP contribution in [0.2, 0.25) is 5.02 Å². The monoisotopic (exact) mass is 258 g/mol. The standard InChI is InChI=1S/C12H16ClFN2O/c1-3-7(2)11(15)12(17)16-10-5-4-8(13)6-9(10)14/h4-7,11H,3,15H2,1-2H3,(H,16,17)/t7-,11-/m0/s1. The first-order valence-electron chi connectivity index (χ1n) is 5.47. The van der Waals surface area contributed by atoms with Gasteiger partial charge in [-0.05, 0) is 24.1 Å². The SMILES string of the molecule is CC[C@H](C)[C@H](N)C(=O)Nc1ccc(Cl)cc1F. The van der Waals surface area contributed by atoms with Gasteiger partial charge in [0.1, 0.15) is 5.82 Å². The predicted molar refractivity (Wildman–Crippen MR) is 67.5 cm³/mol. The van der Waals surface area contributed by atoms with E-state index in [1.807, 2.05) is 13.8 Å². The lowest BCUT2D eigenvalue weighted by molar-refractivity contribution is -0.118. The van der Waals surface area contributed by atoms with Crippen molar-refractivity contribution in [2.75, 3.05) is 5.32 Å². The third kappa shape index (κ3) is 3.68. The largest absolute Gasteiger partial charge is 0.322 e. The van der Waals surface area contributed by atoms with Crippen molar-refractivity contribution < 1.29 is 9.18 Å². The number of amides is 1. The first-order chi connectivity index (χ1) is 7.95. The van der Waals surface area contributed by atoms with Crippen molar-refractivity contribution in [3.63, 3.8) is 0 Å². The minimum Gasteiger partial charge on any atom is -0.322 e. The van der Waals surface area contributed by atoms with E-state index in [1.165, 1.54) is 12.1 Å². The Labute approximate surface area is 105 Å². The minimum absolute atomic E-state index is 0.0466. The number of anilines is 1. The minimum atomic E-state index is -0.643. The number of hydrogen-bond donors (Lipinski definition) is 2. The summed E-state index contributed by atoms with van der Waals surface area (Å²) in [6.07, 6.45) is 0.789. The second kappa shape index (κ2) is 5.98. The highest BCUT2D eigenvalue weighted by molar-refractivity contribution is 6.30. The van der Waals surface area contributed by atoms with Gasteiger partial charge in [-0.25, -0.2) is 4.39 Å². The van der Waals surface area contributed by atoms with Gasteiger partial charge in [-0.2, -0.15) is 0 Å². The van der Waals surface area contributed by atoms with Gasteiger partial charge in [0.05, 0.1) is 11.7 Å². The number of rotatable bonds is 4. The zero-order valence-corrected chi connectivity index (χ0v) is 10.6. The highest BCUT2D eigenvalue weighted by Crippen LogP contribution is 2.19. The molecule has 0 heterocycles. The van der Waals surface area contributed by atoms with Gasteiger partial charge in [-0.1, -0.05) is 31.9 Å². The van der Waals surface area contributed by atoms with Gasteiger partial charge < -0.3 is 11.1 Å². The zero-order chi connectivity index (χ0) is 13.0. The van der Waals surface area contributed by atoms with E-state index < -0.39 is 11.9 Å². The summed E-state index contributed by atoms with van der Waals surface area (Å²) in [5.41, 5.74) is 5.83. The molecule has 0 saturated heterocycles. The second-order valence-electron chi connectivity index (χ2n) is 4.02. The smallest absolute Gasteiger partial charge is 0.241 e. The first kappa shape index (κ1) is 13.9. The Morgan fingerprint density at radius 1 is 1.59 bits per heavy atom. The van der Waals surface area contributed by atoms with E-state index in [2.05, 4.69) is 5.32 Å². The fourth-order valence-electron chi connectivity index (χ4n) is 1.32. The van der Waals surface area contributed by atoms with Crippen molar-refractivity contribution in [1.82, 2.24) is 0 Å². The fraction of sp³-hybridized carbons (Fsp3) is 0.417. The molecule has 3 nitrogen and oxygen atoms in total. The Morgan fingerprint density at radius 2 is 2.24 bits per heavy atom. The number of benzene rings is 1. The molecule has 94 valence electrons. The van der Waals surface area contributed by atoms with Crippen LogP contribution in [-0.4, -0.2) is 11.9 Å². The van der Waals surface area contributed by atoms with E-state index in [0.717, 1.165) is 12.5 Å². The van der Waals surface area contributed by atoms with E-state index in [1.54, 1.807) is 0 Å². The Morgan fingerprint density at radius 3 is 2.76 bits per heavy atom. The van der Waals surface area contributed by atoms with Crippen molar-refractivity contribution in [3.8, 4) is 0 Å². The number of halogens is 2. The van der Waals surface area contributed by atoms with Gasteiger partial charge in [0.25, 0.3) is 0 Å². The Hall–Kier alpha value is -1.13. The molecular weight excluding hydrogens is 243 g/mol. The van der Waals surface area contributed by atoms with Crippen LogP contribution in [0.5, 0.6) is 0 Å². The lowest BCUT2D eigenvalue weighted by Gasteiger charge is -2.17. The molecule has 0 spiro atoms. The highest BCUT2D eigenvalue weighted by Gasteiger charge is 2.20. The molecule has 2 atom stereocenters. The summed E-state index contributed by atoms with van der Waals surface area (Å²) in [6.45, 7) is 3.82. The zero-order valence-electron chi connectivity index (χ0n) is 9.84. The topological polar surface area (TPSA) is 55.1 Å². The van der Waals surface area contributed by atoms with Gasteiger partial charge in [-0.3, -0.25) is 4.79 Å². The van der Waals surface area contributed by atoms with E-state index >= 15 is 0 Å². The molecule has 1 aromatic rings. The Kier molecular flexibility index (Phi) is 4.90. The van der Waals surface area contributed by atoms with Crippen LogP contribution in [0.25, 0.3) is 0 Å². The summed E-state index contributed by atoms with van der Waals surface area (Å²) in [5, 5.41) is 2.74. The number of hydrogen-bond acceptors (Lipinski definition) is 2. The van der Waals surface area contributed by atoms with Crippen molar-refractivity contribution in [3.05, 3.63) is 29.0 Å². The Balaban J connectivity index is 2.74. The van der Waals surface area contributed by atoms with Crippen LogP contribution in [0, 0.1) is 11.7 Å². The highest BCUT2D eigenvalue weighted by atomic mass is 35.5. The summed E-state index contributed by atoms with van der Waals surface area (Å²) in [6, 6.07) is 3.43. The van der Waals surface area contributed by atoms with E-state index in [-0.39, 0.29) is 22.5 Å². The molecule has 0 unspecified atom stereocenters. The summed E-state index contributed by atoms with van der Waals surface area (Å²) in [7, 11) is 0. The summed E-state index contributed by atoms with van der Waals surface area (Å²) in [5.74, 6) is -0.909. The maximum Gasteiger partial charge on any atom is 0.241 e. The number of nitrogens with two attached hydrogens (primary N) is 1. The molecular formula is C12H16ClFN2O. The van der Waals surface area contributed by atoms with Crippen LogP contribution >= 0.6 is 11.6 Å². The van der Waals surface area contributed by atoms with Crippen LogP contribution < -0.4 is 11.1 Å². The number of nitrogens with one attached hydrogen (secondary N) is 1. The maximum atomic E-state index is 13.4. The fourth-order valence-corrected chi connectivity index (χ4v) is 1.48. The van der Waals surface area contributed by atoms with Gasteiger partial charge in [-0.15, -0.1) is 0 Å². The molecule has 17 heavy (non-hydrogen) atoms. The van der Waals surface area contributed by atoms with E-state index in [4.69, 9.17) is 17.3 Å². The van der Waals surface area contributed by atoms with Crippen molar-refractivity contribution in [2.24, 2.45) is 11.7 Å². The number of carbonyl (C=O) groups is 1. The lowest BCUT2D eigenvalue weighted by atomic mass is 9.99. The maximum absolute atomic E-state index is 13.4. The van der Waals surface area contributed by atoms with Crippen molar-refractivity contribution >= 4 is 23.2 Å². The molecule has 1 rings (SSSR count). The molecule has 0 radical (unpaired) electrons. The van der Waals surface area contributed by atoms with Crippen LogP contribution in [0.1, 0.15) is 20.3 Å². The van der Waals surface area contributed by atoms with E-state index in [9.17, 15) is 9.18 Å². The predicted octanol–water partition coefficient (Wildman–Crippen LogP) is 2.79. The van der Waals surface area contributed by atoms with Gasteiger partial charge >= 0.3 is 0 Å². The quantitative estimate of drug-likeness (QED) is 0.873. The normalized spacial score (nSPS) is 14.2. The molecule has 0 aliphatic carbocycles. The van der Waals surface area contributed by atoms with Gasteiger partial charge in [0.15, 0.2) is 0 Å². The van der Waals surface area contributed by atoms with Crippen molar-refractivity contribution in [1.29, 1.82) is 0 Å². The molecule has 5 heteroatoms. The van der Waals surface area contributed by atoms with Crippen LogP contribution in [0.3, 0.4) is 0 Å². The van der Waals surface area contributed by atoms with Crippen LogP contribution in [-0.2, 0) is 4.79 Å². The molecule has 1 amide bonds. The third-order valence-electron chi connectivity index (χ3n) is 2.75. The average Bonchev–Trinajstić information content (AvgIpc) is 2.30. The summed E-state index contributed by atoms with van der Waals surface area (Å²) < 4.78 is 13.4. The second-order valence-corrected chi connectivity index (χ2v) is 4.46. The van der Waals surface area contributed by atoms with Crippen molar-refractivity contribution in [2.45, 2.75) is 26.3 Å². The molecule has 1 aromatic carbocycles. The van der Waals surface area contributed by atoms with Gasteiger partial charge in [0.2, 0.25) is 5.91 Å². The summed E-state index contributed by atoms with van der Waals surface area (Å²) >= 11 is 5.61. The average molecular weight is 259 g/mol.